The highest BCUT2D eigenvalue weighted by Crippen LogP contribution is 2.18. The van der Waals surface area contributed by atoms with E-state index in [0.717, 1.165) is 45.6 Å². The van der Waals surface area contributed by atoms with Crippen molar-refractivity contribution in [2.45, 2.75) is 31.5 Å². The molecule has 0 spiro atoms. The Morgan fingerprint density at radius 3 is 2.50 bits per heavy atom. The van der Waals surface area contributed by atoms with Gasteiger partial charge in [0.05, 0.1) is 13.2 Å². The smallest absolute Gasteiger partial charge is 0.490 e. The number of halogens is 3. The number of carbonyl (C=O) groups is 3. The van der Waals surface area contributed by atoms with Gasteiger partial charge in [-0.05, 0) is 31.0 Å². The first-order valence-electron chi connectivity index (χ1n) is 11.0. The van der Waals surface area contributed by atoms with E-state index in [4.69, 9.17) is 19.4 Å². The van der Waals surface area contributed by atoms with E-state index in [9.17, 15) is 22.8 Å². The zero-order valence-electron chi connectivity index (χ0n) is 19.0. The van der Waals surface area contributed by atoms with Crippen LogP contribution in [0.3, 0.4) is 0 Å². The zero-order chi connectivity index (χ0) is 25.1. The fraction of sp³-hybridized carbons (Fsp3) is 0.591. The van der Waals surface area contributed by atoms with Crippen molar-refractivity contribution in [3.05, 3.63) is 29.8 Å². The van der Waals surface area contributed by atoms with Crippen LogP contribution in [0.1, 0.15) is 29.6 Å². The number of hydrogen-bond donors (Lipinski definition) is 2. The third kappa shape index (κ3) is 8.82. The van der Waals surface area contributed by atoms with Gasteiger partial charge in [-0.2, -0.15) is 13.2 Å². The highest BCUT2D eigenvalue weighted by molar-refractivity contribution is 5.95. The number of hydrogen-bond acceptors (Lipinski definition) is 6. The van der Waals surface area contributed by atoms with Gasteiger partial charge in [0.15, 0.2) is 0 Å². The highest BCUT2D eigenvalue weighted by atomic mass is 19.4. The number of carboxylic acids is 1. The van der Waals surface area contributed by atoms with Crippen molar-refractivity contribution in [1.29, 1.82) is 0 Å². The summed E-state index contributed by atoms with van der Waals surface area (Å²) in [5, 5.41) is 10.4. The molecule has 12 heteroatoms. The normalized spacial score (nSPS) is 18.0. The molecule has 9 nitrogen and oxygen atoms in total. The van der Waals surface area contributed by atoms with E-state index in [-0.39, 0.29) is 17.9 Å². The fourth-order valence-electron chi connectivity index (χ4n) is 3.55. The van der Waals surface area contributed by atoms with Gasteiger partial charge in [0.2, 0.25) is 5.91 Å². The van der Waals surface area contributed by atoms with Crippen LogP contribution in [0, 0.1) is 0 Å². The Bertz CT molecular complexity index is 824. The summed E-state index contributed by atoms with van der Waals surface area (Å²) < 4.78 is 42.7. The molecule has 2 aliphatic rings. The zero-order valence-corrected chi connectivity index (χ0v) is 19.0. The average molecular weight is 489 g/mol. The molecule has 0 saturated carbocycles. The van der Waals surface area contributed by atoms with Crippen LogP contribution in [0.4, 0.5) is 13.2 Å². The van der Waals surface area contributed by atoms with E-state index in [2.05, 4.69) is 5.32 Å². The van der Waals surface area contributed by atoms with Gasteiger partial charge in [-0.25, -0.2) is 4.79 Å². The number of nitrogens with one attached hydrogen (secondary N) is 1. The number of amides is 2. The second-order valence-electron chi connectivity index (χ2n) is 7.80. The molecule has 1 unspecified atom stereocenters. The minimum absolute atomic E-state index is 0.0499. The van der Waals surface area contributed by atoms with Crippen LogP contribution in [0.15, 0.2) is 24.3 Å². The summed E-state index contributed by atoms with van der Waals surface area (Å²) in [6, 6.07) is 7.14. The van der Waals surface area contributed by atoms with Crippen LogP contribution in [0.5, 0.6) is 5.75 Å². The van der Waals surface area contributed by atoms with Crippen molar-refractivity contribution >= 4 is 17.8 Å². The van der Waals surface area contributed by atoms with Crippen LogP contribution >= 0.6 is 0 Å². The molecule has 0 aliphatic carbocycles. The number of methoxy groups -OCH3 is 1. The second-order valence-corrected chi connectivity index (χ2v) is 7.80. The van der Waals surface area contributed by atoms with Crippen molar-refractivity contribution in [3.63, 3.8) is 0 Å². The number of nitrogens with zero attached hydrogens (tertiary/aromatic N) is 2. The van der Waals surface area contributed by atoms with Gasteiger partial charge in [0.1, 0.15) is 5.75 Å². The average Bonchev–Trinajstić information content (AvgIpc) is 3.34. The lowest BCUT2D eigenvalue weighted by Gasteiger charge is -2.30. The van der Waals surface area contributed by atoms with Crippen LogP contribution in [-0.4, -0.2) is 98.0 Å². The molecule has 2 N–H and O–H groups in total. The summed E-state index contributed by atoms with van der Waals surface area (Å²) in [4.78, 5) is 38.1. The Balaban J connectivity index is 0.000000509. The maximum Gasteiger partial charge on any atom is 0.490 e. The molecule has 2 amide bonds. The number of piperazine rings is 1. The number of ether oxygens (including phenoxy) is 2. The predicted octanol–water partition coefficient (Wildman–Crippen LogP) is 1.77. The van der Waals surface area contributed by atoms with Gasteiger partial charge in [0.25, 0.3) is 5.91 Å². The van der Waals surface area contributed by atoms with Gasteiger partial charge < -0.3 is 29.7 Å². The molecule has 2 fully saturated rings. The van der Waals surface area contributed by atoms with Gasteiger partial charge in [-0.15, -0.1) is 0 Å². The summed E-state index contributed by atoms with van der Waals surface area (Å²) in [5.74, 6) is -2.09. The SMILES string of the molecule is COc1cccc(C(=O)N(CCC(=O)N2CCNCC2)CC2CCCO2)c1.O=C(O)C(F)(F)F. The summed E-state index contributed by atoms with van der Waals surface area (Å²) in [5.41, 5.74) is 0.571. The summed E-state index contributed by atoms with van der Waals surface area (Å²) in [7, 11) is 1.58. The van der Waals surface area contributed by atoms with E-state index in [1.165, 1.54) is 0 Å². The molecule has 1 atom stereocenters. The molecule has 0 radical (unpaired) electrons. The largest absolute Gasteiger partial charge is 0.497 e. The van der Waals surface area contributed by atoms with E-state index < -0.39 is 12.1 Å². The molecular formula is C22H30F3N3O6. The number of aliphatic carboxylic acids is 1. The van der Waals surface area contributed by atoms with Crippen molar-refractivity contribution in [2.75, 3.05) is 53.0 Å². The minimum Gasteiger partial charge on any atom is -0.497 e. The lowest BCUT2D eigenvalue weighted by molar-refractivity contribution is -0.192. The van der Waals surface area contributed by atoms with Gasteiger partial charge in [-0.3, -0.25) is 9.59 Å². The van der Waals surface area contributed by atoms with E-state index >= 15 is 0 Å². The van der Waals surface area contributed by atoms with Gasteiger partial charge in [0, 0.05) is 57.9 Å². The molecule has 2 heterocycles. The van der Waals surface area contributed by atoms with Gasteiger partial charge >= 0.3 is 12.1 Å². The van der Waals surface area contributed by atoms with Crippen molar-refractivity contribution in [1.82, 2.24) is 15.1 Å². The first kappa shape index (κ1) is 27.4. The molecule has 34 heavy (non-hydrogen) atoms. The third-order valence-electron chi connectivity index (χ3n) is 5.36. The molecule has 2 aliphatic heterocycles. The number of carbonyl (C=O) groups excluding carboxylic acids is 2. The van der Waals surface area contributed by atoms with Crippen LogP contribution in [0.25, 0.3) is 0 Å². The highest BCUT2D eigenvalue weighted by Gasteiger charge is 2.38. The molecular weight excluding hydrogens is 459 g/mol. The summed E-state index contributed by atoms with van der Waals surface area (Å²) in [6.45, 7) is 4.78. The molecule has 0 bridgehead atoms. The number of alkyl halides is 3. The van der Waals surface area contributed by atoms with Crippen molar-refractivity contribution in [3.8, 4) is 5.75 Å². The standard InChI is InChI=1S/C20H29N3O4.C2HF3O2/c1-26-17-5-2-4-16(14-17)20(25)23(15-18-6-3-13-27-18)10-7-19(24)22-11-8-21-9-12-22;3-2(4,5)1(6)7/h2,4-5,14,18,21H,3,6-13,15H2,1H3;(H,6,7). The van der Waals surface area contributed by atoms with E-state index in [0.29, 0.717) is 30.8 Å². The number of carboxylic acid groups (broad SMARTS) is 1. The van der Waals surface area contributed by atoms with Crippen LogP contribution in [0.2, 0.25) is 0 Å². The van der Waals surface area contributed by atoms with Crippen molar-refractivity contribution < 1.29 is 42.1 Å². The lowest BCUT2D eigenvalue weighted by Crippen LogP contribution is -2.47. The topological polar surface area (TPSA) is 108 Å². The molecule has 0 aromatic heterocycles. The molecule has 2 saturated heterocycles. The van der Waals surface area contributed by atoms with Crippen LogP contribution in [-0.2, 0) is 14.3 Å². The molecule has 3 rings (SSSR count). The van der Waals surface area contributed by atoms with E-state index in [1.807, 2.05) is 17.0 Å². The first-order chi connectivity index (χ1) is 16.1. The van der Waals surface area contributed by atoms with Crippen LogP contribution < -0.4 is 10.1 Å². The first-order valence-corrected chi connectivity index (χ1v) is 11.0. The monoisotopic (exact) mass is 489 g/mol. The Hall–Kier alpha value is -2.86. The summed E-state index contributed by atoms with van der Waals surface area (Å²) >= 11 is 0. The molecule has 1 aromatic carbocycles. The summed E-state index contributed by atoms with van der Waals surface area (Å²) in [6.07, 6.45) is -2.73. The third-order valence-corrected chi connectivity index (χ3v) is 5.36. The predicted molar refractivity (Wildman–Crippen MR) is 116 cm³/mol. The van der Waals surface area contributed by atoms with Crippen molar-refractivity contribution in [2.24, 2.45) is 0 Å². The maximum atomic E-state index is 13.1. The quantitative estimate of drug-likeness (QED) is 0.601. The number of rotatable bonds is 7. The Kier molecular flexibility index (Phi) is 10.6. The van der Waals surface area contributed by atoms with Gasteiger partial charge in [-0.1, -0.05) is 6.07 Å². The molecule has 1 aromatic rings. The Morgan fingerprint density at radius 1 is 1.26 bits per heavy atom. The maximum absolute atomic E-state index is 13.1. The molecule has 190 valence electrons. The Labute approximate surface area is 195 Å². The Morgan fingerprint density at radius 2 is 1.94 bits per heavy atom. The minimum atomic E-state index is -5.08. The second kappa shape index (κ2) is 13.1. The number of benzene rings is 1. The fourth-order valence-corrected chi connectivity index (χ4v) is 3.55. The lowest BCUT2D eigenvalue weighted by atomic mass is 10.1. The van der Waals surface area contributed by atoms with E-state index in [1.54, 1.807) is 24.1 Å².